The summed E-state index contributed by atoms with van der Waals surface area (Å²) in [5, 5.41) is 10.6. The van der Waals surface area contributed by atoms with Crippen LogP contribution in [-0.2, 0) is 9.59 Å². The summed E-state index contributed by atoms with van der Waals surface area (Å²) in [6, 6.07) is 7.62. The zero-order valence-corrected chi connectivity index (χ0v) is 18.1. The number of Topliss-reactive ketones (excluding diaryl/α,β-unsaturated/α-hetero) is 2. The van der Waals surface area contributed by atoms with Gasteiger partial charge in [0.2, 0.25) is 5.79 Å². The van der Waals surface area contributed by atoms with E-state index in [0.717, 1.165) is 30.8 Å². The summed E-state index contributed by atoms with van der Waals surface area (Å²) >= 11 is 0. The van der Waals surface area contributed by atoms with Gasteiger partial charge in [-0.25, -0.2) is 0 Å². The van der Waals surface area contributed by atoms with Gasteiger partial charge in [0.05, 0.1) is 6.10 Å². The number of rotatable bonds is 7. The Kier molecular flexibility index (Phi) is 6.19. The van der Waals surface area contributed by atoms with Crippen LogP contribution in [0.3, 0.4) is 0 Å². The number of ether oxygens (including phenoxy) is 2. The Hall–Kier alpha value is -1.88. The van der Waals surface area contributed by atoms with Crippen molar-refractivity contribution < 1.29 is 24.2 Å². The SMILES string of the molecule is CC1CCC2C(CCC(=O)CCCC3(C)Oc4ccccc4O3)C(=O)CCC2[C@H]1O. The van der Waals surface area contributed by atoms with Crippen molar-refractivity contribution in [2.75, 3.05) is 0 Å². The van der Waals surface area contributed by atoms with E-state index in [-0.39, 0.29) is 29.6 Å². The molecule has 0 amide bonds. The molecule has 5 atom stereocenters. The summed E-state index contributed by atoms with van der Waals surface area (Å²) in [6.07, 6.45) is 5.94. The normalized spacial score (nSPS) is 32.0. The lowest BCUT2D eigenvalue weighted by Crippen LogP contribution is -2.46. The van der Waals surface area contributed by atoms with E-state index < -0.39 is 5.79 Å². The number of benzene rings is 1. The van der Waals surface area contributed by atoms with Crippen LogP contribution in [0, 0.1) is 23.7 Å². The highest BCUT2D eigenvalue weighted by atomic mass is 16.7. The minimum atomic E-state index is -0.717. The number of aliphatic hydroxyl groups excluding tert-OH is 1. The lowest BCUT2D eigenvalue weighted by molar-refractivity contribution is -0.135. The van der Waals surface area contributed by atoms with Gasteiger partial charge in [0.25, 0.3) is 0 Å². The van der Waals surface area contributed by atoms with Gasteiger partial charge in [0.1, 0.15) is 11.6 Å². The Morgan fingerprint density at radius 1 is 1.10 bits per heavy atom. The van der Waals surface area contributed by atoms with Crippen LogP contribution < -0.4 is 9.47 Å². The maximum atomic E-state index is 12.6. The highest BCUT2D eigenvalue weighted by Gasteiger charge is 2.45. The number of ketones is 2. The van der Waals surface area contributed by atoms with Gasteiger partial charge in [-0.2, -0.15) is 0 Å². The third kappa shape index (κ3) is 4.41. The average molecular weight is 415 g/mol. The van der Waals surface area contributed by atoms with Crippen LogP contribution in [0.1, 0.15) is 71.6 Å². The van der Waals surface area contributed by atoms with Gasteiger partial charge in [-0.3, -0.25) is 9.59 Å². The van der Waals surface area contributed by atoms with E-state index in [1.54, 1.807) is 0 Å². The van der Waals surface area contributed by atoms with E-state index in [1.165, 1.54) is 0 Å². The molecule has 1 aromatic carbocycles. The van der Waals surface area contributed by atoms with Crippen molar-refractivity contribution in [3.05, 3.63) is 24.3 Å². The van der Waals surface area contributed by atoms with Crippen molar-refractivity contribution in [3.63, 3.8) is 0 Å². The molecule has 30 heavy (non-hydrogen) atoms. The Labute approximate surface area is 179 Å². The van der Waals surface area contributed by atoms with Crippen molar-refractivity contribution in [2.45, 2.75) is 83.5 Å². The zero-order valence-electron chi connectivity index (χ0n) is 18.1. The molecular formula is C25H34O5. The van der Waals surface area contributed by atoms with Crippen LogP contribution in [0.15, 0.2) is 24.3 Å². The molecule has 1 heterocycles. The molecule has 4 rings (SSSR count). The standard InChI is InChI=1S/C25H34O5/c1-16-9-11-18-19(21(27)14-13-20(18)24(16)28)12-10-17(26)6-5-15-25(2)29-22-7-3-4-8-23(22)30-25/h3-4,7-8,16,18-20,24,28H,5-6,9-15H2,1-2H3/t16?,18?,19?,20?,24-/m0/s1. The quantitative estimate of drug-likeness (QED) is 0.700. The third-order valence-electron chi connectivity index (χ3n) is 7.50. The fourth-order valence-corrected chi connectivity index (χ4v) is 5.76. The first-order valence-corrected chi connectivity index (χ1v) is 11.6. The van der Waals surface area contributed by atoms with Crippen LogP contribution in [-0.4, -0.2) is 28.6 Å². The van der Waals surface area contributed by atoms with E-state index in [1.807, 2.05) is 31.2 Å². The second-order valence-electron chi connectivity index (χ2n) is 9.70. The molecule has 1 N–H and O–H groups in total. The Morgan fingerprint density at radius 2 is 1.80 bits per heavy atom. The molecule has 3 aliphatic rings. The van der Waals surface area contributed by atoms with Crippen LogP contribution in [0.2, 0.25) is 0 Å². The predicted molar refractivity (Wildman–Crippen MR) is 113 cm³/mol. The summed E-state index contributed by atoms with van der Waals surface area (Å²) in [5.74, 6) is 2.02. The lowest BCUT2D eigenvalue weighted by Gasteiger charge is -2.45. The van der Waals surface area contributed by atoms with Crippen LogP contribution in [0.25, 0.3) is 0 Å². The molecule has 2 aliphatic carbocycles. The van der Waals surface area contributed by atoms with E-state index >= 15 is 0 Å². The van der Waals surface area contributed by atoms with E-state index in [4.69, 9.17) is 9.47 Å². The topological polar surface area (TPSA) is 72.8 Å². The first kappa shape index (κ1) is 21.4. The Bertz CT molecular complexity index is 762. The maximum Gasteiger partial charge on any atom is 0.248 e. The summed E-state index contributed by atoms with van der Waals surface area (Å²) in [4.78, 5) is 25.1. The number of hydrogen-bond donors (Lipinski definition) is 1. The van der Waals surface area contributed by atoms with Gasteiger partial charge in [-0.15, -0.1) is 0 Å². The minimum absolute atomic E-state index is 0.0524. The zero-order chi connectivity index (χ0) is 21.3. The molecule has 1 aromatic rings. The highest BCUT2D eigenvalue weighted by molar-refractivity contribution is 5.84. The number of carbonyl (C=O) groups is 2. The lowest BCUT2D eigenvalue weighted by atomic mass is 9.60. The molecule has 5 heteroatoms. The number of carbonyl (C=O) groups excluding carboxylic acids is 2. The first-order valence-electron chi connectivity index (χ1n) is 11.6. The molecule has 5 nitrogen and oxygen atoms in total. The van der Waals surface area contributed by atoms with Crippen molar-refractivity contribution in [3.8, 4) is 11.5 Å². The van der Waals surface area contributed by atoms with Crippen molar-refractivity contribution in [1.29, 1.82) is 0 Å². The average Bonchev–Trinajstić information content (AvgIpc) is 3.06. The molecule has 2 fully saturated rings. The van der Waals surface area contributed by atoms with Gasteiger partial charge >= 0.3 is 0 Å². The molecule has 164 valence electrons. The number of para-hydroxylation sites is 2. The molecular weight excluding hydrogens is 380 g/mol. The van der Waals surface area contributed by atoms with Gasteiger partial charge in [-0.1, -0.05) is 19.1 Å². The smallest absolute Gasteiger partial charge is 0.248 e. The Morgan fingerprint density at radius 3 is 2.50 bits per heavy atom. The third-order valence-corrected chi connectivity index (χ3v) is 7.50. The second kappa shape index (κ2) is 8.70. The van der Waals surface area contributed by atoms with Crippen LogP contribution in [0.4, 0.5) is 0 Å². The molecule has 0 bridgehead atoms. The summed E-state index contributed by atoms with van der Waals surface area (Å²) < 4.78 is 11.8. The van der Waals surface area contributed by atoms with Gasteiger partial charge in [-0.05, 0) is 62.0 Å². The summed E-state index contributed by atoms with van der Waals surface area (Å²) in [5.41, 5.74) is 0. The van der Waals surface area contributed by atoms with Crippen LogP contribution in [0.5, 0.6) is 11.5 Å². The van der Waals surface area contributed by atoms with Gasteiger partial charge in [0, 0.05) is 38.5 Å². The van der Waals surface area contributed by atoms with E-state index in [9.17, 15) is 14.7 Å². The number of hydrogen-bond acceptors (Lipinski definition) is 5. The van der Waals surface area contributed by atoms with Crippen LogP contribution >= 0.6 is 0 Å². The predicted octanol–water partition coefficient (Wildman–Crippen LogP) is 4.70. The fourth-order valence-electron chi connectivity index (χ4n) is 5.76. The van der Waals surface area contributed by atoms with E-state index in [2.05, 4.69) is 6.92 Å². The number of aliphatic hydroxyl groups is 1. The van der Waals surface area contributed by atoms with Gasteiger partial charge in [0.15, 0.2) is 11.5 Å². The molecule has 0 saturated heterocycles. The van der Waals surface area contributed by atoms with Gasteiger partial charge < -0.3 is 14.6 Å². The fraction of sp³-hybridized carbons (Fsp3) is 0.680. The van der Waals surface area contributed by atoms with Crippen molar-refractivity contribution in [2.24, 2.45) is 23.7 Å². The minimum Gasteiger partial charge on any atom is -0.449 e. The van der Waals surface area contributed by atoms with E-state index in [0.29, 0.717) is 50.2 Å². The van der Waals surface area contributed by atoms with Crippen molar-refractivity contribution >= 4 is 11.6 Å². The Balaban J connectivity index is 1.23. The van der Waals surface area contributed by atoms with Crippen molar-refractivity contribution in [1.82, 2.24) is 0 Å². The largest absolute Gasteiger partial charge is 0.449 e. The monoisotopic (exact) mass is 414 g/mol. The second-order valence-corrected chi connectivity index (χ2v) is 9.70. The molecule has 1 aliphatic heterocycles. The number of fused-ring (bicyclic) bond motifs is 2. The highest BCUT2D eigenvalue weighted by Crippen LogP contribution is 2.46. The molecule has 2 saturated carbocycles. The summed E-state index contributed by atoms with van der Waals surface area (Å²) in [7, 11) is 0. The molecule has 4 unspecified atom stereocenters. The molecule has 0 aromatic heterocycles. The molecule has 0 spiro atoms. The molecule has 0 radical (unpaired) electrons. The maximum absolute atomic E-state index is 12.6. The first-order chi connectivity index (χ1) is 14.4. The summed E-state index contributed by atoms with van der Waals surface area (Å²) in [6.45, 7) is 4.01.